The Labute approximate surface area is 96.0 Å². The fourth-order valence-corrected chi connectivity index (χ4v) is 1.86. The van der Waals surface area contributed by atoms with E-state index in [-0.39, 0.29) is 31.0 Å². The molecule has 1 aliphatic rings. The number of amides is 1. The lowest BCUT2D eigenvalue weighted by atomic mass is 9.86. The average Bonchev–Trinajstić information content (AvgIpc) is 2.27. The van der Waals surface area contributed by atoms with Gasteiger partial charge in [-0.1, -0.05) is 0 Å². The van der Waals surface area contributed by atoms with Gasteiger partial charge in [-0.3, -0.25) is 4.79 Å². The fourth-order valence-electron chi connectivity index (χ4n) is 1.86. The molecule has 5 nitrogen and oxygen atoms in total. The number of carbonyl (C=O) groups is 1. The molecule has 0 aromatic rings. The molecule has 16 heavy (non-hydrogen) atoms. The van der Waals surface area contributed by atoms with E-state index in [1.165, 1.54) is 6.92 Å². The van der Waals surface area contributed by atoms with Crippen LogP contribution in [0, 0.1) is 5.92 Å². The summed E-state index contributed by atoms with van der Waals surface area (Å²) in [6.45, 7) is 1.22. The summed E-state index contributed by atoms with van der Waals surface area (Å²) in [7, 11) is 0. The smallest absolute Gasteiger partial charge is 0.223 e. The van der Waals surface area contributed by atoms with Crippen molar-refractivity contribution in [3.05, 3.63) is 0 Å². The first kappa shape index (κ1) is 13.4. The molecule has 1 fully saturated rings. The predicted molar refractivity (Wildman–Crippen MR) is 60.7 cm³/mol. The molecule has 5 N–H and O–H groups in total. The van der Waals surface area contributed by atoms with Crippen molar-refractivity contribution >= 4 is 5.91 Å². The van der Waals surface area contributed by atoms with Gasteiger partial charge in [-0.05, 0) is 32.6 Å². The quantitative estimate of drug-likeness (QED) is 0.517. The van der Waals surface area contributed by atoms with E-state index in [0.717, 1.165) is 25.7 Å². The van der Waals surface area contributed by atoms with Crippen molar-refractivity contribution in [1.29, 1.82) is 0 Å². The van der Waals surface area contributed by atoms with Gasteiger partial charge < -0.3 is 21.3 Å². The van der Waals surface area contributed by atoms with Crippen molar-refractivity contribution < 1.29 is 15.0 Å². The summed E-state index contributed by atoms with van der Waals surface area (Å²) in [5, 5.41) is 21.0. The van der Waals surface area contributed by atoms with Crippen molar-refractivity contribution in [2.24, 2.45) is 11.7 Å². The highest BCUT2D eigenvalue weighted by atomic mass is 16.3. The first-order valence-corrected chi connectivity index (χ1v) is 5.81. The summed E-state index contributed by atoms with van der Waals surface area (Å²) in [4.78, 5) is 11.7. The molecule has 0 aliphatic heterocycles. The maximum Gasteiger partial charge on any atom is 0.223 e. The largest absolute Gasteiger partial charge is 0.393 e. The highest BCUT2D eigenvalue weighted by molar-refractivity contribution is 5.78. The summed E-state index contributed by atoms with van der Waals surface area (Å²) in [5.41, 5.74) is 4.52. The van der Waals surface area contributed by atoms with Crippen molar-refractivity contribution in [3.63, 3.8) is 0 Å². The van der Waals surface area contributed by atoms with Gasteiger partial charge in [0.15, 0.2) is 0 Å². The van der Waals surface area contributed by atoms with Crippen LogP contribution in [0.4, 0.5) is 0 Å². The summed E-state index contributed by atoms with van der Waals surface area (Å²) < 4.78 is 0. The second-order valence-electron chi connectivity index (χ2n) is 4.98. The number of aliphatic hydroxyl groups is 2. The zero-order valence-electron chi connectivity index (χ0n) is 9.78. The van der Waals surface area contributed by atoms with E-state index in [1.54, 1.807) is 0 Å². The lowest BCUT2D eigenvalue weighted by molar-refractivity contribution is -0.127. The van der Waals surface area contributed by atoms with Gasteiger partial charge in [-0.2, -0.15) is 0 Å². The van der Waals surface area contributed by atoms with Crippen LogP contribution in [0.3, 0.4) is 0 Å². The lowest BCUT2D eigenvalue weighted by Crippen LogP contribution is -2.45. The number of hydrogen-bond donors (Lipinski definition) is 4. The third kappa shape index (κ3) is 4.08. The van der Waals surface area contributed by atoms with Crippen molar-refractivity contribution in [3.8, 4) is 0 Å². The number of hydrogen-bond acceptors (Lipinski definition) is 4. The molecule has 1 amide bonds. The number of nitrogens with one attached hydrogen (secondary N) is 1. The van der Waals surface area contributed by atoms with E-state index in [2.05, 4.69) is 5.32 Å². The van der Waals surface area contributed by atoms with Crippen LogP contribution in [-0.2, 0) is 4.79 Å². The molecule has 94 valence electrons. The molecule has 5 heteroatoms. The predicted octanol–water partition coefficient (Wildman–Crippen LogP) is -0.637. The second-order valence-corrected chi connectivity index (χ2v) is 4.98. The Morgan fingerprint density at radius 1 is 1.44 bits per heavy atom. The lowest BCUT2D eigenvalue weighted by Gasteiger charge is -2.27. The van der Waals surface area contributed by atoms with Gasteiger partial charge in [0.25, 0.3) is 0 Å². The van der Waals surface area contributed by atoms with Gasteiger partial charge in [0.2, 0.25) is 5.91 Å². The number of nitrogens with two attached hydrogens (primary N) is 1. The Morgan fingerprint density at radius 2 is 2.00 bits per heavy atom. The minimum atomic E-state index is -1.24. The third-order valence-corrected chi connectivity index (χ3v) is 3.13. The number of rotatable bonds is 4. The van der Waals surface area contributed by atoms with E-state index in [4.69, 9.17) is 10.8 Å². The van der Waals surface area contributed by atoms with Crippen LogP contribution in [0.1, 0.15) is 32.6 Å². The summed E-state index contributed by atoms with van der Waals surface area (Å²) in [6, 6.07) is 0.226. The van der Waals surface area contributed by atoms with Gasteiger partial charge in [0.05, 0.1) is 6.61 Å². The molecule has 0 aromatic carbocycles. The first-order valence-electron chi connectivity index (χ1n) is 5.81. The van der Waals surface area contributed by atoms with Crippen molar-refractivity contribution in [2.45, 2.75) is 44.2 Å². The standard InChI is InChI=1S/C11H22N2O3/c1-11(16,7-14)6-13-10(15)8-2-4-9(12)5-3-8/h8-9,14,16H,2-7,12H2,1H3,(H,13,15). The summed E-state index contributed by atoms with van der Waals surface area (Å²) in [6.07, 6.45) is 3.39. The third-order valence-electron chi connectivity index (χ3n) is 3.13. The molecule has 0 heterocycles. The molecule has 1 saturated carbocycles. The molecule has 0 bridgehead atoms. The Morgan fingerprint density at radius 3 is 2.50 bits per heavy atom. The molecular formula is C11H22N2O3. The fraction of sp³-hybridized carbons (Fsp3) is 0.909. The maximum absolute atomic E-state index is 11.7. The second kappa shape index (κ2) is 5.61. The van der Waals surface area contributed by atoms with Crippen molar-refractivity contribution in [2.75, 3.05) is 13.2 Å². The zero-order chi connectivity index (χ0) is 12.2. The zero-order valence-corrected chi connectivity index (χ0v) is 9.78. The van der Waals surface area contributed by atoms with Crippen LogP contribution >= 0.6 is 0 Å². The van der Waals surface area contributed by atoms with Gasteiger partial charge >= 0.3 is 0 Å². The molecule has 1 unspecified atom stereocenters. The van der Waals surface area contributed by atoms with Crippen LogP contribution in [0.15, 0.2) is 0 Å². The van der Waals surface area contributed by atoms with Gasteiger partial charge in [-0.15, -0.1) is 0 Å². The minimum absolute atomic E-state index is 0.00860. The summed E-state index contributed by atoms with van der Waals surface area (Å²) in [5.74, 6) is -0.0325. The van der Waals surface area contributed by atoms with E-state index < -0.39 is 5.60 Å². The highest BCUT2D eigenvalue weighted by Crippen LogP contribution is 2.23. The Balaban J connectivity index is 2.30. The number of aliphatic hydroxyl groups excluding tert-OH is 1. The van der Waals surface area contributed by atoms with Crippen LogP contribution in [0.5, 0.6) is 0 Å². The van der Waals surface area contributed by atoms with E-state index in [0.29, 0.717) is 0 Å². The molecule has 0 spiro atoms. The van der Waals surface area contributed by atoms with Crippen LogP contribution in [0.25, 0.3) is 0 Å². The molecule has 0 aromatic heterocycles. The van der Waals surface area contributed by atoms with Crippen molar-refractivity contribution in [1.82, 2.24) is 5.32 Å². The topological polar surface area (TPSA) is 95.6 Å². The molecule has 0 radical (unpaired) electrons. The van der Waals surface area contributed by atoms with Gasteiger partial charge in [0, 0.05) is 18.5 Å². The molecule has 0 saturated heterocycles. The molecular weight excluding hydrogens is 208 g/mol. The Kier molecular flexibility index (Phi) is 4.70. The summed E-state index contributed by atoms with van der Waals surface area (Å²) >= 11 is 0. The molecule has 1 aliphatic carbocycles. The molecule has 1 rings (SSSR count). The van der Waals surface area contributed by atoms with Crippen LogP contribution < -0.4 is 11.1 Å². The Hall–Kier alpha value is -0.650. The van der Waals surface area contributed by atoms with Crippen LogP contribution in [-0.4, -0.2) is 40.9 Å². The van der Waals surface area contributed by atoms with E-state index in [9.17, 15) is 9.90 Å². The SMILES string of the molecule is CC(O)(CO)CNC(=O)C1CCC(N)CC1. The maximum atomic E-state index is 11.7. The molecule has 1 atom stereocenters. The first-order chi connectivity index (χ1) is 7.44. The number of carbonyl (C=O) groups excluding carboxylic acids is 1. The van der Waals surface area contributed by atoms with E-state index in [1.807, 2.05) is 0 Å². The van der Waals surface area contributed by atoms with E-state index >= 15 is 0 Å². The van der Waals surface area contributed by atoms with Gasteiger partial charge in [-0.25, -0.2) is 0 Å². The average molecular weight is 230 g/mol. The van der Waals surface area contributed by atoms with Gasteiger partial charge in [0.1, 0.15) is 5.60 Å². The minimum Gasteiger partial charge on any atom is -0.393 e. The highest BCUT2D eigenvalue weighted by Gasteiger charge is 2.26. The van der Waals surface area contributed by atoms with Crippen LogP contribution in [0.2, 0.25) is 0 Å². The normalized spacial score (nSPS) is 29.5. The Bertz CT molecular complexity index is 235. The monoisotopic (exact) mass is 230 g/mol.